The highest BCUT2D eigenvalue weighted by Crippen LogP contribution is 2.27. The van der Waals surface area contributed by atoms with E-state index in [4.69, 9.17) is 0 Å². The minimum absolute atomic E-state index is 0.153. The van der Waals surface area contributed by atoms with Gasteiger partial charge in [-0.15, -0.1) is 0 Å². The highest BCUT2D eigenvalue weighted by atomic mass is 16.1. The molecular weight excluding hydrogens is 362 g/mol. The lowest BCUT2D eigenvalue weighted by Gasteiger charge is -2.32. The normalized spacial score (nSPS) is 17.2. The lowest BCUT2D eigenvalue weighted by Crippen LogP contribution is -2.34. The molecule has 2 heterocycles. The number of anilines is 2. The highest BCUT2D eigenvalue weighted by Gasteiger charge is 2.23. The molecule has 1 aromatic carbocycles. The molecule has 0 radical (unpaired) electrons. The molecule has 6 nitrogen and oxygen atoms in total. The molecular formula is C23H31N5O. The fourth-order valence-electron chi connectivity index (χ4n) is 3.93. The number of hydrogen-bond donors (Lipinski definition) is 2. The molecule has 1 aromatic heterocycles. The number of carbonyl (C=O) groups is 1. The maximum absolute atomic E-state index is 12.2. The van der Waals surface area contributed by atoms with E-state index in [1.54, 1.807) is 6.33 Å². The zero-order chi connectivity index (χ0) is 20.1. The monoisotopic (exact) mass is 393 g/mol. The Bertz CT molecular complexity index is 828. The minimum Gasteiger partial charge on any atom is -0.367 e. The zero-order valence-corrected chi connectivity index (χ0v) is 17.2. The molecule has 1 aliphatic heterocycles. The van der Waals surface area contributed by atoms with E-state index in [9.17, 15) is 4.79 Å². The van der Waals surface area contributed by atoms with Crippen molar-refractivity contribution in [2.75, 3.05) is 23.3 Å². The van der Waals surface area contributed by atoms with Gasteiger partial charge in [-0.25, -0.2) is 9.97 Å². The Hall–Kier alpha value is -2.63. The van der Waals surface area contributed by atoms with E-state index in [-0.39, 0.29) is 5.91 Å². The molecule has 2 aliphatic rings. The Labute approximate surface area is 173 Å². The highest BCUT2D eigenvalue weighted by molar-refractivity contribution is 5.75. The first-order chi connectivity index (χ1) is 14.2. The predicted molar refractivity (Wildman–Crippen MR) is 116 cm³/mol. The lowest BCUT2D eigenvalue weighted by atomic mass is 9.92. The Morgan fingerprint density at radius 3 is 2.72 bits per heavy atom. The summed E-state index contributed by atoms with van der Waals surface area (Å²) in [6.07, 6.45) is 7.93. The van der Waals surface area contributed by atoms with Crippen molar-refractivity contribution in [3.63, 3.8) is 0 Å². The van der Waals surface area contributed by atoms with Gasteiger partial charge in [-0.05, 0) is 50.5 Å². The molecule has 2 aromatic rings. The molecule has 0 atom stereocenters. The van der Waals surface area contributed by atoms with Gasteiger partial charge in [-0.1, -0.05) is 29.8 Å². The molecule has 4 rings (SSSR count). The molecule has 0 bridgehead atoms. The smallest absolute Gasteiger partial charge is 0.220 e. The van der Waals surface area contributed by atoms with Gasteiger partial charge in [0.1, 0.15) is 18.0 Å². The zero-order valence-electron chi connectivity index (χ0n) is 17.2. The molecule has 2 fully saturated rings. The number of nitrogens with zero attached hydrogens (tertiary/aromatic N) is 3. The van der Waals surface area contributed by atoms with E-state index >= 15 is 0 Å². The van der Waals surface area contributed by atoms with E-state index in [1.807, 2.05) is 6.07 Å². The molecule has 1 aliphatic carbocycles. The van der Waals surface area contributed by atoms with Crippen LogP contribution < -0.4 is 15.5 Å². The fourth-order valence-corrected chi connectivity index (χ4v) is 3.93. The maximum Gasteiger partial charge on any atom is 0.220 e. The molecule has 154 valence electrons. The van der Waals surface area contributed by atoms with Crippen molar-refractivity contribution in [1.29, 1.82) is 0 Å². The van der Waals surface area contributed by atoms with Crippen molar-refractivity contribution < 1.29 is 4.79 Å². The number of aromatic nitrogens is 2. The first kappa shape index (κ1) is 19.7. The van der Waals surface area contributed by atoms with Crippen LogP contribution in [0.15, 0.2) is 36.7 Å². The molecule has 6 heteroatoms. The number of amides is 1. The molecule has 0 spiro atoms. The van der Waals surface area contributed by atoms with E-state index in [2.05, 4.69) is 56.7 Å². The average Bonchev–Trinajstić information content (AvgIpc) is 3.55. The number of rotatable bonds is 8. The van der Waals surface area contributed by atoms with Crippen LogP contribution in [0.25, 0.3) is 0 Å². The minimum atomic E-state index is 0.153. The Morgan fingerprint density at radius 1 is 1.14 bits per heavy atom. The predicted octanol–water partition coefficient (Wildman–Crippen LogP) is 3.67. The summed E-state index contributed by atoms with van der Waals surface area (Å²) in [7, 11) is 0. The first-order valence-electron chi connectivity index (χ1n) is 10.8. The van der Waals surface area contributed by atoms with Gasteiger partial charge in [0.25, 0.3) is 0 Å². The Kier molecular flexibility index (Phi) is 6.27. The second-order valence-electron chi connectivity index (χ2n) is 8.41. The van der Waals surface area contributed by atoms with Crippen LogP contribution in [0.4, 0.5) is 11.6 Å². The summed E-state index contributed by atoms with van der Waals surface area (Å²) in [5.74, 6) is 2.71. The number of aryl methyl sites for hydroxylation is 1. The summed E-state index contributed by atoms with van der Waals surface area (Å²) in [5.41, 5.74) is 2.38. The summed E-state index contributed by atoms with van der Waals surface area (Å²) < 4.78 is 0. The van der Waals surface area contributed by atoms with E-state index in [0.717, 1.165) is 49.6 Å². The number of carbonyl (C=O) groups excluding carboxylic acids is 1. The fraction of sp³-hybridized carbons (Fsp3) is 0.522. The van der Waals surface area contributed by atoms with Crippen LogP contribution in [0.5, 0.6) is 0 Å². The standard InChI is InChI=1S/C23H31N5O/c1-17-3-2-4-19(13-17)15-24-23(29)8-5-18-9-11-28(12-10-18)22-14-21(25-16-26-22)27-20-6-7-20/h2-4,13-14,16,18,20H,5-12,15H2,1H3,(H,24,29)(H,25,26,27). The summed E-state index contributed by atoms with van der Waals surface area (Å²) in [4.78, 5) is 23.3. The van der Waals surface area contributed by atoms with Crippen molar-refractivity contribution in [2.24, 2.45) is 5.92 Å². The maximum atomic E-state index is 12.2. The van der Waals surface area contributed by atoms with Gasteiger partial charge in [-0.2, -0.15) is 0 Å². The summed E-state index contributed by atoms with van der Waals surface area (Å²) in [5, 5.41) is 6.50. The second-order valence-corrected chi connectivity index (χ2v) is 8.41. The van der Waals surface area contributed by atoms with Crippen LogP contribution >= 0.6 is 0 Å². The molecule has 2 N–H and O–H groups in total. The van der Waals surface area contributed by atoms with Crippen molar-refractivity contribution in [1.82, 2.24) is 15.3 Å². The quantitative estimate of drug-likeness (QED) is 0.716. The first-order valence-corrected chi connectivity index (χ1v) is 10.8. The Balaban J connectivity index is 1.17. The number of hydrogen-bond acceptors (Lipinski definition) is 5. The second kappa shape index (κ2) is 9.25. The molecule has 29 heavy (non-hydrogen) atoms. The van der Waals surface area contributed by atoms with Crippen molar-refractivity contribution in [3.05, 3.63) is 47.8 Å². The van der Waals surface area contributed by atoms with E-state index < -0.39 is 0 Å². The third-order valence-corrected chi connectivity index (χ3v) is 5.87. The van der Waals surface area contributed by atoms with E-state index in [0.29, 0.717) is 24.9 Å². The van der Waals surface area contributed by atoms with Gasteiger partial charge in [0.2, 0.25) is 5.91 Å². The summed E-state index contributed by atoms with van der Waals surface area (Å²) in [6.45, 7) is 4.68. The summed E-state index contributed by atoms with van der Waals surface area (Å²) >= 11 is 0. The number of nitrogens with one attached hydrogen (secondary N) is 2. The molecule has 0 unspecified atom stereocenters. The van der Waals surface area contributed by atoms with Crippen molar-refractivity contribution in [2.45, 2.75) is 58.0 Å². The topological polar surface area (TPSA) is 70.2 Å². The SMILES string of the molecule is Cc1cccc(CNC(=O)CCC2CCN(c3cc(NC4CC4)ncn3)CC2)c1. The van der Waals surface area contributed by atoms with Crippen molar-refractivity contribution in [3.8, 4) is 0 Å². The van der Waals surface area contributed by atoms with Gasteiger partial charge in [0.15, 0.2) is 0 Å². The number of benzene rings is 1. The van der Waals surface area contributed by atoms with Gasteiger partial charge < -0.3 is 15.5 Å². The van der Waals surface area contributed by atoms with Crippen LogP contribution in [0, 0.1) is 12.8 Å². The van der Waals surface area contributed by atoms with Crippen LogP contribution in [0.1, 0.15) is 49.7 Å². The summed E-state index contributed by atoms with van der Waals surface area (Å²) in [6, 6.07) is 10.9. The van der Waals surface area contributed by atoms with Gasteiger partial charge in [0, 0.05) is 38.2 Å². The Morgan fingerprint density at radius 2 is 1.97 bits per heavy atom. The van der Waals surface area contributed by atoms with Crippen LogP contribution in [-0.2, 0) is 11.3 Å². The van der Waals surface area contributed by atoms with Gasteiger partial charge in [0.05, 0.1) is 0 Å². The third-order valence-electron chi connectivity index (χ3n) is 5.87. The van der Waals surface area contributed by atoms with Crippen LogP contribution in [-0.4, -0.2) is 35.0 Å². The number of piperidine rings is 1. The molecule has 1 amide bonds. The lowest BCUT2D eigenvalue weighted by molar-refractivity contribution is -0.121. The van der Waals surface area contributed by atoms with Crippen molar-refractivity contribution >= 4 is 17.5 Å². The van der Waals surface area contributed by atoms with Gasteiger partial charge in [-0.3, -0.25) is 4.79 Å². The average molecular weight is 394 g/mol. The van der Waals surface area contributed by atoms with Crippen LogP contribution in [0.3, 0.4) is 0 Å². The van der Waals surface area contributed by atoms with Gasteiger partial charge >= 0.3 is 0 Å². The molecule has 1 saturated heterocycles. The third kappa shape index (κ3) is 5.92. The van der Waals surface area contributed by atoms with E-state index in [1.165, 1.54) is 18.4 Å². The largest absolute Gasteiger partial charge is 0.367 e. The molecule has 1 saturated carbocycles. The van der Waals surface area contributed by atoms with Crippen LogP contribution in [0.2, 0.25) is 0 Å².